The number of carbonyl (C=O) groups excluding carboxylic acids is 1. The van der Waals surface area contributed by atoms with Gasteiger partial charge in [-0.15, -0.1) is 0 Å². The van der Waals surface area contributed by atoms with Crippen LogP contribution >= 0.6 is 0 Å². The fourth-order valence-electron chi connectivity index (χ4n) is 4.08. The first-order valence-corrected chi connectivity index (χ1v) is 8.57. The summed E-state index contributed by atoms with van der Waals surface area (Å²) in [5.41, 5.74) is 12.8. The molecule has 3 N–H and O–H groups in total. The molecule has 4 rings (SSSR count). The predicted octanol–water partition coefficient (Wildman–Crippen LogP) is 1.91. The number of likely N-dealkylation sites (N-methyl/N-ethyl adjacent to an activating group) is 1. The van der Waals surface area contributed by atoms with E-state index in [2.05, 4.69) is 52.7 Å². The lowest BCUT2D eigenvalue weighted by Crippen LogP contribution is -2.41. The molecule has 124 valence electrons. The molecule has 1 saturated heterocycles. The van der Waals surface area contributed by atoms with E-state index < -0.39 is 0 Å². The van der Waals surface area contributed by atoms with Crippen LogP contribution < -0.4 is 11.1 Å². The minimum absolute atomic E-state index is 0.0662. The third-order valence-corrected chi connectivity index (χ3v) is 5.23. The molecule has 0 unspecified atom stereocenters. The van der Waals surface area contributed by atoms with Gasteiger partial charge < -0.3 is 11.1 Å². The lowest BCUT2D eigenvalue weighted by Gasteiger charge is -2.23. The van der Waals surface area contributed by atoms with Crippen molar-refractivity contribution in [2.24, 2.45) is 5.73 Å². The van der Waals surface area contributed by atoms with E-state index in [0.717, 1.165) is 25.9 Å². The van der Waals surface area contributed by atoms with Crippen molar-refractivity contribution in [3.63, 3.8) is 0 Å². The van der Waals surface area contributed by atoms with Gasteiger partial charge >= 0.3 is 0 Å². The molecule has 1 fully saturated rings. The average Bonchev–Trinajstić information content (AvgIpc) is 3.13. The number of rotatable bonds is 3. The monoisotopic (exact) mass is 321 g/mol. The zero-order valence-electron chi connectivity index (χ0n) is 14.0. The zero-order chi connectivity index (χ0) is 16.7. The van der Waals surface area contributed by atoms with Gasteiger partial charge in [0.15, 0.2) is 0 Å². The number of benzene rings is 2. The Labute approximate surface area is 142 Å². The molecule has 0 aromatic heterocycles. The maximum atomic E-state index is 12.1. The molecule has 1 aliphatic heterocycles. The van der Waals surface area contributed by atoms with Crippen LogP contribution in [0.25, 0.3) is 11.1 Å². The molecule has 0 bridgehead atoms. The molecular formula is C20H23N3O. The van der Waals surface area contributed by atoms with Gasteiger partial charge in [0, 0.05) is 26.2 Å². The van der Waals surface area contributed by atoms with Crippen molar-refractivity contribution in [3.05, 3.63) is 59.2 Å². The van der Waals surface area contributed by atoms with Crippen molar-refractivity contribution in [3.8, 4) is 11.1 Å². The molecule has 0 spiro atoms. The SMILES string of the molecule is CNC(=O)[C@@H]1C[C@@H](N)CN1Cc1ccc2c(c1)Cc1ccccc1-2. The van der Waals surface area contributed by atoms with Crippen LogP contribution in [0.4, 0.5) is 0 Å². The maximum absolute atomic E-state index is 12.1. The molecule has 2 atom stereocenters. The summed E-state index contributed by atoms with van der Waals surface area (Å²) in [5.74, 6) is 0.0662. The van der Waals surface area contributed by atoms with Gasteiger partial charge in [-0.25, -0.2) is 0 Å². The van der Waals surface area contributed by atoms with Crippen LogP contribution in [0, 0.1) is 0 Å². The minimum Gasteiger partial charge on any atom is -0.358 e. The summed E-state index contributed by atoms with van der Waals surface area (Å²) in [4.78, 5) is 14.3. The first-order chi connectivity index (χ1) is 11.7. The lowest BCUT2D eigenvalue weighted by molar-refractivity contribution is -0.125. The Morgan fingerprint density at radius 3 is 2.83 bits per heavy atom. The van der Waals surface area contributed by atoms with Crippen LogP contribution in [0.1, 0.15) is 23.1 Å². The highest BCUT2D eigenvalue weighted by molar-refractivity contribution is 5.82. The van der Waals surface area contributed by atoms with Gasteiger partial charge in [-0.2, -0.15) is 0 Å². The normalized spacial score (nSPS) is 22.2. The zero-order valence-corrected chi connectivity index (χ0v) is 14.0. The molecule has 0 radical (unpaired) electrons. The molecule has 24 heavy (non-hydrogen) atoms. The number of nitrogens with one attached hydrogen (secondary N) is 1. The summed E-state index contributed by atoms with van der Waals surface area (Å²) >= 11 is 0. The number of hydrogen-bond donors (Lipinski definition) is 2. The topological polar surface area (TPSA) is 58.4 Å². The second-order valence-electron chi connectivity index (χ2n) is 6.88. The number of nitrogens with zero attached hydrogens (tertiary/aromatic N) is 1. The highest BCUT2D eigenvalue weighted by Crippen LogP contribution is 2.37. The summed E-state index contributed by atoms with van der Waals surface area (Å²) in [6.07, 6.45) is 1.73. The highest BCUT2D eigenvalue weighted by Gasteiger charge is 2.34. The first kappa shape index (κ1) is 15.4. The quantitative estimate of drug-likeness (QED) is 0.775. The number of carbonyl (C=O) groups is 1. The molecule has 4 nitrogen and oxygen atoms in total. The lowest BCUT2D eigenvalue weighted by atomic mass is 10.0. The second-order valence-corrected chi connectivity index (χ2v) is 6.88. The Kier molecular flexibility index (Phi) is 3.87. The third kappa shape index (κ3) is 2.62. The highest BCUT2D eigenvalue weighted by atomic mass is 16.2. The Balaban J connectivity index is 1.56. The van der Waals surface area contributed by atoms with E-state index in [1.807, 2.05) is 0 Å². The summed E-state index contributed by atoms with van der Waals surface area (Å²) in [6.45, 7) is 1.55. The molecule has 1 aliphatic carbocycles. The Morgan fingerprint density at radius 1 is 1.21 bits per heavy atom. The molecule has 2 aliphatic rings. The van der Waals surface area contributed by atoms with Gasteiger partial charge in [0.05, 0.1) is 6.04 Å². The summed E-state index contributed by atoms with van der Waals surface area (Å²) in [6, 6.07) is 15.3. The second kappa shape index (κ2) is 6.04. The summed E-state index contributed by atoms with van der Waals surface area (Å²) < 4.78 is 0. The van der Waals surface area contributed by atoms with Crippen molar-refractivity contribution in [1.29, 1.82) is 0 Å². The molecule has 1 heterocycles. The van der Waals surface area contributed by atoms with Gasteiger partial charge in [0.1, 0.15) is 0 Å². The molecular weight excluding hydrogens is 298 g/mol. The van der Waals surface area contributed by atoms with E-state index in [4.69, 9.17) is 5.73 Å². The van der Waals surface area contributed by atoms with Crippen molar-refractivity contribution in [2.75, 3.05) is 13.6 Å². The predicted molar refractivity (Wildman–Crippen MR) is 95.5 cm³/mol. The number of nitrogens with two attached hydrogens (primary N) is 1. The van der Waals surface area contributed by atoms with E-state index in [0.29, 0.717) is 0 Å². The fraction of sp³-hybridized carbons (Fsp3) is 0.350. The van der Waals surface area contributed by atoms with Crippen molar-refractivity contribution < 1.29 is 4.79 Å². The van der Waals surface area contributed by atoms with Crippen LogP contribution in [-0.2, 0) is 17.8 Å². The third-order valence-electron chi connectivity index (χ3n) is 5.23. The number of fused-ring (bicyclic) bond motifs is 3. The number of likely N-dealkylation sites (tertiary alicyclic amines) is 1. The van der Waals surface area contributed by atoms with Crippen molar-refractivity contribution in [2.45, 2.75) is 31.5 Å². The van der Waals surface area contributed by atoms with E-state index >= 15 is 0 Å². The Bertz CT molecular complexity index is 786. The van der Waals surface area contributed by atoms with Gasteiger partial charge in [0.25, 0.3) is 0 Å². The van der Waals surface area contributed by atoms with Crippen molar-refractivity contribution in [1.82, 2.24) is 10.2 Å². The van der Waals surface area contributed by atoms with Crippen LogP contribution in [-0.4, -0.2) is 36.5 Å². The van der Waals surface area contributed by atoms with Crippen LogP contribution in [0.15, 0.2) is 42.5 Å². The van der Waals surface area contributed by atoms with E-state index in [1.54, 1.807) is 7.05 Å². The van der Waals surface area contributed by atoms with Crippen LogP contribution in [0.3, 0.4) is 0 Å². The molecule has 2 aromatic carbocycles. The summed E-state index contributed by atoms with van der Waals surface area (Å²) in [7, 11) is 1.69. The molecule has 1 amide bonds. The van der Waals surface area contributed by atoms with Gasteiger partial charge in [-0.1, -0.05) is 42.5 Å². The molecule has 0 saturated carbocycles. The minimum atomic E-state index is -0.115. The largest absolute Gasteiger partial charge is 0.358 e. The summed E-state index contributed by atoms with van der Waals surface area (Å²) in [5, 5.41) is 2.76. The van der Waals surface area contributed by atoms with E-state index in [-0.39, 0.29) is 18.0 Å². The van der Waals surface area contributed by atoms with Gasteiger partial charge in [-0.3, -0.25) is 9.69 Å². The number of hydrogen-bond acceptors (Lipinski definition) is 3. The van der Waals surface area contributed by atoms with E-state index in [9.17, 15) is 4.79 Å². The Morgan fingerprint density at radius 2 is 2.00 bits per heavy atom. The maximum Gasteiger partial charge on any atom is 0.237 e. The smallest absolute Gasteiger partial charge is 0.237 e. The van der Waals surface area contributed by atoms with Gasteiger partial charge in [0.2, 0.25) is 5.91 Å². The van der Waals surface area contributed by atoms with E-state index in [1.165, 1.54) is 27.8 Å². The first-order valence-electron chi connectivity index (χ1n) is 8.57. The Hall–Kier alpha value is -2.17. The standard InChI is InChI=1S/C20H23N3O/c1-22-20(24)19-10-16(21)12-23(19)11-13-6-7-18-15(8-13)9-14-4-2-3-5-17(14)18/h2-8,16,19H,9-12,21H2,1H3,(H,22,24)/t16-,19+/m1/s1. The molecule has 4 heteroatoms. The average molecular weight is 321 g/mol. The fourth-order valence-corrected chi connectivity index (χ4v) is 4.08. The number of amides is 1. The van der Waals surface area contributed by atoms with Crippen molar-refractivity contribution >= 4 is 5.91 Å². The van der Waals surface area contributed by atoms with Gasteiger partial charge in [-0.05, 0) is 40.7 Å². The molecule has 2 aromatic rings. The van der Waals surface area contributed by atoms with Crippen LogP contribution in [0.2, 0.25) is 0 Å². The van der Waals surface area contributed by atoms with Crippen LogP contribution in [0.5, 0.6) is 0 Å².